The molecule has 3 rings (SSSR count). The number of hydrogen-bond donors (Lipinski definition) is 2. The molecule has 1 aromatic carbocycles. The van der Waals surface area contributed by atoms with Gasteiger partial charge in [-0.1, -0.05) is 18.2 Å². The van der Waals surface area contributed by atoms with Gasteiger partial charge in [-0.3, -0.25) is 9.48 Å². The maximum Gasteiger partial charge on any atom is 0.309 e. The van der Waals surface area contributed by atoms with Gasteiger partial charge in [-0.15, -0.1) is 0 Å². The van der Waals surface area contributed by atoms with Crippen molar-refractivity contribution in [3.63, 3.8) is 0 Å². The third kappa shape index (κ3) is 2.02. The second-order valence-electron chi connectivity index (χ2n) is 4.55. The minimum atomic E-state index is -0.876. The summed E-state index contributed by atoms with van der Waals surface area (Å²) < 4.78 is 2.34. The lowest BCUT2D eigenvalue weighted by Gasteiger charge is -1.97. The lowest BCUT2D eigenvalue weighted by atomic mass is 10.1. The van der Waals surface area contributed by atoms with Crippen LogP contribution in [0.15, 0.2) is 34.9 Å². The minimum Gasteiger partial charge on any atom is -0.481 e. The molecule has 2 heterocycles. The monoisotopic (exact) mass is 333 g/mol. The van der Waals surface area contributed by atoms with Gasteiger partial charge in [0.1, 0.15) is 5.69 Å². The van der Waals surface area contributed by atoms with Gasteiger partial charge in [0.2, 0.25) is 0 Å². The summed E-state index contributed by atoms with van der Waals surface area (Å²) in [6.45, 7) is 0. The van der Waals surface area contributed by atoms with Crippen molar-refractivity contribution in [2.45, 2.75) is 6.42 Å². The van der Waals surface area contributed by atoms with Crippen LogP contribution in [0.2, 0.25) is 0 Å². The first-order valence-electron chi connectivity index (χ1n) is 6.07. The van der Waals surface area contributed by atoms with Gasteiger partial charge in [0, 0.05) is 29.7 Å². The standard InChI is InChI=1S/C14H12BrN3O2/c1-18-11(6-12(19)20)13(15)14(17-18)9-7-16-10-5-3-2-4-8(9)10/h2-5,7,16H,6H2,1H3,(H,19,20). The highest BCUT2D eigenvalue weighted by Gasteiger charge is 2.19. The fourth-order valence-electron chi connectivity index (χ4n) is 2.31. The molecule has 2 aromatic heterocycles. The molecule has 6 heteroatoms. The van der Waals surface area contributed by atoms with Crippen molar-refractivity contribution in [1.82, 2.24) is 14.8 Å². The molecule has 0 amide bonds. The number of hydrogen-bond acceptors (Lipinski definition) is 2. The molecule has 20 heavy (non-hydrogen) atoms. The summed E-state index contributed by atoms with van der Waals surface area (Å²) in [5, 5.41) is 14.5. The number of aryl methyl sites for hydroxylation is 1. The molecule has 0 bridgehead atoms. The zero-order chi connectivity index (χ0) is 14.3. The predicted octanol–water partition coefficient (Wildman–Crippen LogP) is 2.96. The molecule has 2 N–H and O–H groups in total. The Balaban J connectivity index is 2.18. The number of aromatic nitrogens is 3. The van der Waals surface area contributed by atoms with Crippen LogP contribution < -0.4 is 0 Å². The summed E-state index contributed by atoms with van der Waals surface area (Å²) in [7, 11) is 1.75. The van der Waals surface area contributed by atoms with Crippen LogP contribution in [-0.2, 0) is 18.3 Å². The van der Waals surface area contributed by atoms with Crippen LogP contribution in [-0.4, -0.2) is 25.8 Å². The third-order valence-electron chi connectivity index (χ3n) is 3.26. The van der Waals surface area contributed by atoms with Gasteiger partial charge in [0.15, 0.2) is 0 Å². The summed E-state index contributed by atoms with van der Waals surface area (Å²) in [5.74, 6) is -0.876. The van der Waals surface area contributed by atoms with E-state index in [0.29, 0.717) is 5.69 Å². The highest BCUT2D eigenvalue weighted by atomic mass is 79.9. The number of carboxylic acid groups (broad SMARTS) is 1. The van der Waals surface area contributed by atoms with E-state index < -0.39 is 5.97 Å². The Bertz CT molecular complexity index is 804. The molecule has 0 atom stereocenters. The molecular weight excluding hydrogens is 322 g/mol. The van der Waals surface area contributed by atoms with E-state index in [0.717, 1.165) is 26.6 Å². The molecule has 102 valence electrons. The molecule has 0 radical (unpaired) electrons. The number of fused-ring (bicyclic) bond motifs is 1. The minimum absolute atomic E-state index is 0.0631. The zero-order valence-electron chi connectivity index (χ0n) is 10.7. The molecule has 0 spiro atoms. The van der Waals surface area contributed by atoms with Crippen molar-refractivity contribution in [2.75, 3.05) is 0 Å². The maximum atomic E-state index is 10.9. The molecule has 0 saturated heterocycles. The quantitative estimate of drug-likeness (QED) is 0.774. The number of para-hydroxylation sites is 1. The van der Waals surface area contributed by atoms with E-state index in [4.69, 9.17) is 5.11 Å². The van der Waals surface area contributed by atoms with Gasteiger partial charge in [-0.25, -0.2) is 0 Å². The van der Waals surface area contributed by atoms with Crippen molar-refractivity contribution in [2.24, 2.45) is 7.05 Å². The van der Waals surface area contributed by atoms with Crippen LogP contribution >= 0.6 is 15.9 Å². The molecule has 0 fully saturated rings. The first-order valence-corrected chi connectivity index (χ1v) is 6.87. The topological polar surface area (TPSA) is 70.9 Å². The van der Waals surface area contributed by atoms with Crippen LogP contribution in [0.4, 0.5) is 0 Å². The molecule has 0 saturated carbocycles. The Kier molecular flexibility index (Phi) is 3.10. The van der Waals surface area contributed by atoms with Crippen LogP contribution in [0.3, 0.4) is 0 Å². The van der Waals surface area contributed by atoms with Crippen molar-refractivity contribution in [3.8, 4) is 11.3 Å². The van der Waals surface area contributed by atoms with Gasteiger partial charge in [-0.05, 0) is 22.0 Å². The lowest BCUT2D eigenvalue weighted by Crippen LogP contribution is -2.06. The van der Waals surface area contributed by atoms with Crippen LogP contribution in [0.5, 0.6) is 0 Å². The fourth-order valence-corrected chi connectivity index (χ4v) is 3.00. The Labute approximate surface area is 123 Å². The Morgan fingerprint density at radius 2 is 2.20 bits per heavy atom. The van der Waals surface area contributed by atoms with E-state index in [1.165, 1.54) is 0 Å². The zero-order valence-corrected chi connectivity index (χ0v) is 12.3. The number of rotatable bonds is 3. The average Bonchev–Trinajstić information content (AvgIpc) is 2.94. The average molecular weight is 334 g/mol. The van der Waals surface area contributed by atoms with Crippen LogP contribution in [0.1, 0.15) is 5.69 Å². The van der Waals surface area contributed by atoms with Crippen molar-refractivity contribution in [3.05, 3.63) is 40.6 Å². The molecule has 3 aromatic rings. The van der Waals surface area contributed by atoms with Gasteiger partial charge in [0.25, 0.3) is 0 Å². The Hall–Kier alpha value is -2.08. The number of nitrogens with zero attached hydrogens (tertiary/aromatic N) is 2. The number of carboxylic acids is 1. The van der Waals surface area contributed by atoms with E-state index in [9.17, 15) is 4.79 Å². The number of halogens is 1. The highest BCUT2D eigenvalue weighted by Crippen LogP contribution is 2.34. The summed E-state index contributed by atoms with van der Waals surface area (Å²) in [6.07, 6.45) is 1.83. The number of carbonyl (C=O) groups is 1. The van der Waals surface area contributed by atoms with E-state index in [-0.39, 0.29) is 6.42 Å². The number of benzene rings is 1. The van der Waals surface area contributed by atoms with Gasteiger partial charge >= 0.3 is 5.97 Å². The van der Waals surface area contributed by atoms with E-state index >= 15 is 0 Å². The molecule has 0 aliphatic rings. The fraction of sp³-hybridized carbons (Fsp3) is 0.143. The van der Waals surface area contributed by atoms with Crippen molar-refractivity contribution >= 4 is 32.8 Å². The van der Waals surface area contributed by atoms with E-state index in [1.807, 2.05) is 30.5 Å². The number of aliphatic carboxylic acids is 1. The van der Waals surface area contributed by atoms with E-state index in [2.05, 4.69) is 26.0 Å². The third-order valence-corrected chi connectivity index (χ3v) is 4.10. The number of H-pyrrole nitrogens is 1. The van der Waals surface area contributed by atoms with Gasteiger partial charge < -0.3 is 10.1 Å². The first-order chi connectivity index (χ1) is 9.58. The predicted molar refractivity (Wildman–Crippen MR) is 79.5 cm³/mol. The molecule has 5 nitrogen and oxygen atoms in total. The molecule has 0 aliphatic carbocycles. The van der Waals surface area contributed by atoms with Crippen molar-refractivity contribution in [1.29, 1.82) is 0 Å². The number of aromatic amines is 1. The smallest absolute Gasteiger partial charge is 0.309 e. The summed E-state index contributed by atoms with van der Waals surface area (Å²) in [6, 6.07) is 7.94. The first kappa shape index (κ1) is 12.9. The van der Waals surface area contributed by atoms with Gasteiger partial charge in [-0.2, -0.15) is 5.10 Å². The highest BCUT2D eigenvalue weighted by molar-refractivity contribution is 9.10. The van der Waals surface area contributed by atoms with Crippen LogP contribution in [0, 0.1) is 0 Å². The molecule has 0 aliphatic heterocycles. The second kappa shape index (κ2) is 4.79. The second-order valence-corrected chi connectivity index (χ2v) is 5.34. The van der Waals surface area contributed by atoms with Gasteiger partial charge in [0.05, 0.1) is 16.6 Å². The molecular formula is C14H12BrN3O2. The largest absolute Gasteiger partial charge is 0.481 e. The van der Waals surface area contributed by atoms with E-state index in [1.54, 1.807) is 11.7 Å². The molecule has 0 unspecified atom stereocenters. The number of nitrogens with one attached hydrogen (secondary N) is 1. The Morgan fingerprint density at radius 1 is 1.45 bits per heavy atom. The summed E-state index contributed by atoms with van der Waals surface area (Å²) >= 11 is 3.48. The van der Waals surface area contributed by atoms with Crippen molar-refractivity contribution < 1.29 is 9.90 Å². The summed E-state index contributed by atoms with van der Waals surface area (Å²) in [4.78, 5) is 14.1. The SMILES string of the molecule is Cn1nc(-c2c[nH]c3ccccc23)c(Br)c1CC(=O)O. The lowest BCUT2D eigenvalue weighted by molar-refractivity contribution is -0.136. The normalized spacial score (nSPS) is 11.1. The maximum absolute atomic E-state index is 10.9. The van der Waals surface area contributed by atoms with Crippen LogP contribution in [0.25, 0.3) is 22.2 Å². The summed E-state index contributed by atoms with van der Waals surface area (Å²) in [5.41, 5.74) is 3.39. The Morgan fingerprint density at radius 3 is 2.95 bits per heavy atom.